The third-order valence-corrected chi connectivity index (χ3v) is 3.86. The second-order valence-electron chi connectivity index (χ2n) is 4.99. The molecule has 0 radical (unpaired) electrons. The van der Waals surface area contributed by atoms with Gasteiger partial charge < -0.3 is 20.5 Å². The van der Waals surface area contributed by atoms with Crippen LogP contribution in [0.15, 0.2) is 28.7 Å². The molecule has 1 fully saturated rings. The first-order valence-electron chi connectivity index (χ1n) is 6.70. The van der Waals surface area contributed by atoms with Crippen LogP contribution in [0.4, 0.5) is 4.79 Å². The van der Waals surface area contributed by atoms with E-state index in [9.17, 15) is 9.90 Å². The lowest BCUT2D eigenvalue weighted by Gasteiger charge is -2.36. The van der Waals surface area contributed by atoms with Crippen LogP contribution in [-0.2, 0) is 0 Å². The Hall–Kier alpha value is -1.27. The van der Waals surface area contributed by atoms with Gasteiger partial charge in [0.15, 0.2) is 0 Å². The standard InChI is InChI=1S/C14H19BrN2O3/c15-11-2-4-12(5-3-11)20-9-8-16-13(18)17-10-14(19)6-1-7-14/h2-5,19H,1,6-10H2,(H2,16,17,18). The number of rotatable bonds is 6. The van der Waals surface area contributed by atoms with Crippen molar-refractivity contribution in [1.29, 1.82) is 0 Å². The molecule has 2 amide bonds. The van der Waals surface area contributed by atoms with Gasteiger partial charge in [-0.15, -0.1) is 0 Å². The van der Waals surface area contributed by atoms with Gasteiger partial charge in [0.25, 0.3) is 0 Å². The van der Waals surface area contributed by atoms with Gasteiger partial charge in [-0.3, -0.25) is 0 Å². The zero-order valence-electron chi connectivity index (χ0n) is 11.2. The maximum Gasteiger partial charge on any atom is 0.315 e. The number of ether oxygens (including phenoxy) is 1. The molecule has 0 unspecified atom stereocenters. The molecule has 110 valence electrons. The number of carbonyl (C=O) groups excluding carboxylic acids is 1. The van der Waals surface area contributed by atoms with E-state index in [0.717, 1.165) is 29.5 Å². The van der Waals surface area contributed by atoms with E-state index in [1.165, 1.54) is 0 Å². The van der Waals surface area contributed by atoms with Gasteiger partial charge >= 0.3 is 6.03 Å². The van der Waals surface area contributed by atoms with E-state index < -0.39 is 5.60 Å². The molecule has 0 heterocycles. The lowest BCUT2D eigenvalue weighted by molar-refractivity contribution is -0.0290. The monoisotopic (exact) mass is 342 g/mol. The molecule has 2 rings (SSSR count). The normalized spacial score (nSPS) is 16.1. The van der Waals surface area contributed by atoms with Crippen molar-refractivity contribution in [3.05, 3.63) is 28.7 Å². The molecule has 1 aromatic rings. The second-order valence-corrected chi connectivity index (χ2v) is 5.91. The van der Waals surface area contributed by atoms with Gasteiger partial charge in [0.05, 0.1) is 12.1 Å². The summed E-state index contributed by atoms with van der Waals surface area (Å²) in [6.45, 7) is 1.13. The van der Waals surface area contributed by atoms with Gasteiger partial charge in [-0.25, -0.2) is 4.79 Å². The van der Waals surface area contributed by atoms with E-state index >= 15 is 0 Å². The van der Waals surface area contributed by atoms with Crippen LogP contribution < -0.4 is 15.4 Å². The zero-order chi connectivity index (χ0) is 14.4. The van der Waals surface area contributed by atoms with Gasteiger partial charge in [-0.1, -0.05) is 15.9 Å². The van der Waals surface area contributed by atoms with Crippen LogP contribution in [0.2, 0.25) is 0 Å². The first-order valence-corrected chi connectivity index (χ1v) is 7.49. The van der Waals surface area contributed by atoms with E-state index in [2.05, 4.69) is 26.6 Å². The van der Waals surface area contributed by atoms with Crippen molar-refractivity contribution >= 4 is 22.0 Å². The maximum absolute atomic E-state index is 11.5. The van der Waals surface area contributed by atoms with Crippen molar-refractivity contribution in [3.63, 3.8) is 0 Å². The van der Waals surface area contributed by atoms with Crippen LogP contribution in [-0.4, -0.2) is 36.4 Å². The molecule has 0 spiro atoms. The summed E-state index contributed by atoms with van der Waals surface area (Å²) in [6.07, 6.45) is 2.56. The predicted molar refractivity (Wildman–Crippen MR) is 79.8 cm³/mol. The maximum atomic E-state index is 11.5. The Morgan fingerprint density at radius 2 is 2.00 bits per heavy atom. The molecule has 0 aliphatic heterocycles. The van der Waals surface area contributed by atoms with Crippen LogP contribution in [0.1, 0.15) is 19.3 Å². The minimum Gasteiger partial charge on any atom is -0.492 e. The topological polar surface area (TPSA) is 70.6 Å². The molecule has 20 heavy (non-hydrogen) atoms. The van der Waals surface area contributed by atoms with E-state index in [1.54, 1.807) is 0 Å². The summed E-state index contributed by atoms with van der Waals surface area (Å²) in [6, 6.07) is 7.24. The lowest BCUT2D eigenvalue weighted by Crippen LogP contribution is -2.50. The summed E-state index contributed by atoms with van der Waals surface area (Å²) >= 11 is 3.35. The van der Waals surface area contributed by atoms with Crippen LogP contribution in [0.25, 0.3) is 0 Å². The average molecular weight is 343 g/mol. The summed E-state index contributed by atoms with van der Waals surface area (Å²) in [5, 5.41) is 15.2. The molecule has 0 saturated heterocycles. The van der Waals surface area contributed by atoms with E-state index in [1.807, 2.05) is 24.3 Å². The predicted octanol–water partition coefficient (Wildman–Crippen LogP) is 2.04. The number of nitrogens with one attached hydrogen (secondary N) is 2. The van der Waals surface area contributed by atoms with Crippen LogP contribution >= 0.6 is 15.9 Å². The number of hydrogen-bond donors (Lipinski definition) is 3. The molecule has 5 nitrogen and oxygen atoms in total. The van der Waals surface area contributed by atoms with Gasteiger partial charge in [-0.2, -0.15) is 0 Å². The number of urea groups is 1. The summed E-state index contributed by atoms with van der Waals surface area (Å²) in [7, 11) is 0. The minimum absolute atomic E-state index is 0.273. The first kappa shape index (κ1) is 15.1. The van der Waals surface area contributed by atoms with Crippen molar-refractivity contribution < 1.29 is 14.6 Å². The molecule has 3 N–H and O–H groups in total. The highest BCUT2D eigenvalue weighted by Gasteiger charge is 2.34. The molecular formula is C14H19BrN2O3. The Morgan fingerprint density at radius 1 is 1.30 bits per heavy atom. The molecule has 1 aliphatic carbocycles. The highest BCUT2D eigenvalue weighted by Crippen LogP contribution is 2.30. The summed E-state index contributed by atoms with van der Waals surface area (Å²) in [5.41, 5.74) is -0.689. The molecule has 1 aliphatic rings. The van der Waals surface area contributed by atoms with E-state index in [-0.39, 0.29) is 6.03 Å². The molecule has 1 aromatic carbocycles. The van der Waals surface area contributed by atoms with Crippen LogP contribution in [0.3, 0.4) is 0 Å². The fourth-order valence-corrected chi connectivity index (χ4v) is 2.20. The number of amides is 2. The van der Waals surface area contributed by atoms with Crippen molar-refractivity contribution in [2.24, 2.45) is 0 Å². The zero-order valence-corrected chi connectivity index (χ0v) is 12.8. The number of aliphatic hydroxyl groups is 1. The second kappa shape index (κ2) is 6.95. The largest absolute Gasteiger partial charge is 0.492 e. The number of halogens is 1. The molecule has 0 aromatic heterocycles. The number of hydrogen-bond acceptors (Lipinski definition) is 3. The van der Waals surface area contributed by atoms with Gasteiger partial charge in [0, 0.05) is 11.0 Å². The summed E-state index contributed by atoms with van der Waals surface area (Å²) in [5.74, 6) is 0.763. The molecular weight excluding hydrogens is 324 g/mol. The Morgan fingerprint density at radius 3 is 2.60 bits per heavy atom. The fraction of sp³-hybridized carbons (Fsp3) is 0.500. The molecule has 6 heteroatoms. The third-order valence-electron chi connectivity index (χ3n) is 3.33. The fourth-order valence-electron chi connectivity index (χ4n) is 1.93. The Bertz CT molecular complexity index is 446. The van der Waals surface area contributed by atoms with Crippen molar-refractivity contribution in [2.45, 2.75) is 24.9 Å². The Kier molecular flexibility index (Phi) is 5.25. The van der Waals surface area contributed by atoms with E-state index in [0.29, 0.717) is 19.7 Å². The quantitative estimate of drug-likeness (QED) is 0.693. The van der Waals surface area contributed by atoms with E-state index in [4.69, 9.17) is 4.74 Å². The average Bonchev–Trinajstić information content (AvgIpc) is 2.41. The number of benzene rings is 1. The molecule has 1 saturated carbocycles. The summed E-state index contributed by atoms with van der Waals surface area (Å²) < 4.78 is 6.47. The van der Waals surface area contributed by atoms with Gasteiger partial charge in [-0.05, 0) is 43.5 Å². The molecule has 0 atom stereocenters. The van der Waals surface area contributed by atoms with Gasteiger partial charge in [0.1, 0.15) is 12.4 Å². The number of carbonyl (C=O) groups is 1. The third kappa shape index (κ3) is 4.68. The summed E-state index contributed by atoms with van der Waals surface area (Å²) in [4.78, 5) is 11.5. The van der Waals surface area contributed by atoms with Gasteiger partial charge in [0.2, 0.25) is 0 Å². The highest BCUT2D eigenvalue weighted by molar-refractivity contribution is 9.10. The minimum atomic E-state index is -0.689. The highest BCUT2D eigenvalue weighted by atomic mass is 79.9. The van der Waals surface area contributed by atoms with Crippen molar-refractivity contribution in [1.82, 2.24) is 10.6 Å². The molecule has 0 bridgehead atoms. The first-order chi connectivity index (χ1) is 9.57. The lowest BCUT2D eigenvalue weighted by atomic mass is 9.80. The van der Waals surface area contributed by atoms with Crippen LogP contribution in [0.5, 0.6) is 5.75 Å². The smallest absolute Gasteiger partial charge is 0.315 e. The SMILES string of the molecule is O=C(NCCOc1ccc(Br)cc1)NCC1(O)CCC1. The van der Waals surface area contributed by atoms with Crippen molar-refractivity contribution in [3.8, 4) is 5.75 Å². The van der Waals surface area contributed by atoms with Crippen LogP contribution in [0, 0.1) is 0 Å². The van der Waals surface area contributed by atoms with Crippen molar-refractivity contribution in [2.75, 3.05) is 19.7 Å². The Balaban J connectivity index is 1.56. The Labute approximate surface area is 126 Å².